The van der Waals surface area contributed by atoms with Crippen molar-refractivity contribution in [3.63, 3.8) is 0 Å². The smallest absolute Gasteiger partial charge is 0.242 e. The third-order valence-electron chi connectivity index (χ3n) is 7.55. The topological polar surface area (TPSA) is 55.9 Å². The average molecular weight is 483 g/mol. The van der Waals surface area contributed by atoms with Gasteiger partial charge >= 0.3 is 0 Å². The molecule has 2 heterocycles. The van der Waals surface area contributed by atoms with Crippen molar-refractivity contribution in [3.8, 4) is 0 Å². The zero-order chi connectivity index (χ0) is 25.1. The predicted molar refractivity (Wildman–Crippen MR) is 146 cm³/mol. The number of piperazine rings is 1. The molecule has 3 aromatic rings. The molecule has 0 saturated carbocycles. The molecule has 36 heavy (non-hydrogen) atoms. The number of hydrogen-bond donors (Lipinski definition) is 1. The van der Waals surface area contributed by atoms with E-state index in [2.05, 4.69) is 58.4 Å². The Kier molecular flexibility index (Phi) is 6.79. The average Bonchev–Trinajstić information content (AvgIpc) is 3.15. The number of hydrogen-bond acceptors (Lipinski definition) is 4. The van der Waals surface area contributed by atoms with E-state index >= 15 is 0 Å². The summed E-state index contributed by atoms with van der Waals surface area (Å²) >= 11 is 0. The minimum atomic E-state index is -0.655. The molecule has 2 amide bonds. The predicted octanol–water partition coefficient (Wildman–Crippen LogP) is 4.51. The van der Waals surface area contributed by atoms with Crippen LogP contribution < -0.4 is 15.1 Å². The third kappa shape index (κ3) is 4.37. The van der Waals surface area contributed by atoms with Gasteiger partial charge in [0.2, 0.25) is 11.8 Å². The van der Waals surface area contributed by atoms with E-state index in [1.54, 1.807) is 0 Å². The van der Waals surface area contributed by atoms with Crippen molar-refractivity contribution >= 4 is 28.9 Å². The summed E-state index contributed by atoms with van der Waals surface area (Å²) < 4.78 is 0. The van der Waals surface area contributed by atoms with Gasteiger partial charge in [-0.25, -0.2) is 0 Å². The second-order valence-corrected chi connectivity index (χ2v) is 9.65. The lowest BCUT2D eigenvalue weighted by Crippen LogP contribution is -2.49. The molecule has 1 atom stereocenters. The summed E-state index contributed by atoms with van der Waals surface area (Å²) in [6, 6.07) is 26.6. The number of amides is 2. The molecule has 1 fully saturated rings. The number of nitrogens with one attached hydrogen (secondary N) is 1. The van der Waals surface area contributed by atoms with Crippen LogP contribution in [0.1, 0.15) is 31.4 Å². The lowest BCUT2D eigenvalue weighted by molar-refractivity contribution is -0.122. The first-order valence-electron chi connectivity index (χ1n) is 12.8. The van der Waals surface area contributed by atoms with Crippen LogP contribution in [0, 0.1) is 0 Å². The molecule has 3 aromatic carbocycles. The Hall–Kier alpha value is -3.64. The van der Waals surface area contributed by atoms with Gasteiger partial charge in [0.1, 0.15) is 5.41 Å². The van der Waals surface area contributed by atoms with Crippen LogP contribution in [-0.2, 0) is 15.0 Å². The van der Waals surface area contributed by atoms with Crippen molar-refractivity contribution in [2.24, 2.45) is 0 Å². The van der Waals surface area contributed by atoms with Crippen molar-refractivity contribution in [2.45, 2.75) is 25.7 Å². The summed E-state index contributed by atoms with van der Waals surface area (Å²) in [5, 5.41) is 2.87. The van der Waals surface area contributed by atoms with E-state index in [4.69, 9.17) is 0 Å². The van der Waals surface area contributed by atoms with Crippen LogP contribution >= 0.6 is 0 Å². The zero-order valence-electron chi connectivity index (χ0n) is 21.1. The van der Waals surface area contributed by atoms with Crippen molar-refractivity contribution in [3.05, 3.63) is 90.0 Å². The van der Waals surface area contributed by atoms with Gasteiger partial charge in [-0.05, 0) is 55.3 Å². The number of carbonyl (C=O) groups is 2. The molecular weight excluding hydrogens is 448 g/mol. The number of nitrogens with zero attached hydrogens (tertiary/aromatic N) is 3. The van der Waals surface area contributed by atoms with E-state index in [-0.39, 0.29) is 11.8 Å². The lowest BCUT2D eigenvalue weighted by atomic mass is 9.72. The number of carbonyl (C=O) groups excluding carboxylic acids is 2. The molecule has 2 aliphatic rings. The molecule has 1 saturated heterocycles. The number of fused-ring (bicyclic) bond motifs is 1. The molecule has 6 heteroatoms. The van der Waals surface area contributed by atoms with Crippen molar-refractivity contribution in [2.75, 3.05) is 54.4 Å². The van der Waals surface area contributed by atoms with Crippen LogP contribution in [-0.4, -0.2) is 56.0 Å². The van der Waals surface area contributed by atoms with Gasteiger partial charge in [0.05, 0.1) is 0 Å². The fourth-order valence-electron chi connectivity index (χ4n) is 5.77. The molecule has 1 unspecified atom stereocenters. The number of benzene rings is 3. The number of likely N-dealkylation sites (N-methyl/N-ethyl adjacent to an activating group) is 1. The van der Waals surface area contributed by atoms with Crippen LogP contribution in [0.5, 0.6) is 0 Å². The highest BCUT2D eigenvalue weighted by Crippen LogP contribution is 2.48. The molecule has 6 nitrogen and oxygen atoms in total. The summed E-state index contributed by atoms with van der Waals surface area (Å²) in [5.41, 5.74) is 4.53. The van der Waals surface area contributed by atoms with Crippen LogP contribution in [0.25, 0.3) is 0 Å². The van der Waals surface area contributed by atoms with Gasteiger partial charge in [-0.15, -0.1) is 0 Å². The SMILES string of the molecule is CCN1C(=O)C(CCN2CCN(c3cccc(NC(C)=O)c3)CC2)(c2ccccc2)c2ccccc21. The Bertz CT molecular complexity index is 1240. The Morgan fingerprint density at radius 3 is 2.36 bits per heavy atom. The van der Waals surface area contributed by atoms with E-state index < -0.39 is 5.41 Å². The van der Waals surface area contributed by atoms with Crippen LogP contribution in [0.15, 0.2) is 78.9 Å². The number of rotatable bonds is 7. The normalized spacial score (nSPS) is 19.9. The Balaban J connectivity index is 1.33. The minimum Gasteiger partial charge on any atom is -0.369 e. The highest BCUT2D eigenvalue weighted by Gasteiger charge is 2.51. The maximum Gasteiger partial charge on any atom is 0.242 e. The van der Waals surface area contributed by atoms with E-state index in [9.17, 15) is 9.59 Å². The van der Waals surface area contributed by atoms with E-state index in [1.807, 2.05) is 47.4 Å². The zero-order valence-corrected chi connectivity index (χ0v) is 21.1. The largest absolute Gasteiger partial charge is 0.369 e. The molecule has 186 valence electrons. The molecule has 0 radical (unpaired) electrons. The molecule has 5 rings (SSSR count). The van der Waals surface area contributed by atoms with Gasteiger partial charge in [0.25, 0.3) is 0 Å². The molecule has 0 bridgehead atoms. The van der Waals surface area contributed by atoms with Gasteiger partial charge in [0, 0.05) is 56.7 Å². The summed E-state index contributed by atoms with van der Waals surface area (Å²) in [5.74, 6) is 0.125. The van der Waals surface area contributed by atoms with Gasteiger partial charge < -0.3 is 15.1 Å². The van der Waals surface area contributed by atoms with Gasteiger partial charge in [-0.1, -0.05) is 54.6 Å². The van der Waals surface area contributed by atoms with Crippen LogP contribution in [0.4, 0.5) is 17.1 Å². The number of para-hydroxylation sites is 1. The Morgan fingerprint density at radius 1 is 0.917 bits per heavy atom. The highest BCUT2D eigenvalue weighted by atomic mass is 16.2. The first-order valence-corrected chi connectivity index (χ1v) is 12.8. The van der Waals surface area contributed by atoms with E-state index in [0.717, 1.165) is 67.3 Å². The highest BCUT2D eigenvalue weighted by molar-refractivity contribution is 6.10. The van der Waals surface area contributed by atoms with Crippen molar-refractivity contribution < 1.29 is 9.59 Å². The molecular formula is C30H34N4O2. The Morgan fingerprint density at radius 2 is 1.64 bits per heavy atom. The molecule has 1 N–H and O–H groups in total. The first-order chi connectivity index (χ1) is 17.5. The van der Waals surface area contributed by atoms with Gasteiger partial charge in [-0.3, -0.25) is 14.5 Å². The maximum atomic E-state index is 14.0. The molecule has 0 aromatic heterocycles. The summed E-state index contributed by atoms with van der Waals surface area (Å²) in [4.78, 5) is 32.2. The standard InChI is InChI=1S/C30H34N4O2/c1-3-34-28-15-8-7-14-27(28)30(29(34)36,24-10-5-4-6-11-24)16-17-32-18-20-33(21-19-32)26-13-9-12-25(22-26)31-23(2)35/h4-15,22H,3,16-21H2,1-2H3,(H,31,35). The molecule has 0 spiro atoms. The molecule has 2 aliphatic heterocycles. The maximum absolute atomic E-state index is 14.0. The fraction of sp³-hybridized carbons (Fsp3) is 0.333. The van der Waals surface area contributed by atoms with Crippen LogP contribution in [0.3, 0.4) is 0 Å². The quantitative estimate of drug-likeness (QED) is 0.538. The Labute approximate surface area is 213 Å². The molecule has 0 aliphatic carbocycles. The van der Waals surface area contributed by atoms with Crippen LogP contribution in [0.2, 0.25) is 0 Å². The second-order valence-electron chi connectivity index (χ2n) is 9.65. The third-order valence-corrected chi connectivity index (χ3v) is 7.55. The fourth-order valence-corrected chi connectivity index (χ4v) is 5.77. The summed E-state index contributed by atoms with van der Waals surface area (Å²) in [6.07, 6.45) is 0.751. The van der Waals surface area contributed by atoms with Gasteiger partial charge in [0.15, 0.2) is 0 Å². The summed E-state index contributed by atoms with van der Waals surface area (Å²) in [6.45, 7) is 8.79. The van der Waals surface area contributed by atoms with E-state index in [1.165, 1.54) is 6.92 Å². The summed E-state index contributed by atoms with van der Waals surface area (Å²) in [7, 11) is 0. The van der Waals surface area contributed by atoms with Crippen molar-refractivity contribution in [1.29, 1.82) is 0 Å². The van der Waals surface area contributed by atoms with Gasteiger partial charge in [-0.2, -0.15) is 0 Å². The first kappa shape index (κ1) is 24.1. The lowest BCUT2D eigenvalue weighted by Gasteiger charge is -2.38. The minimum absolute atomic E-state index is 0.0611. The van der Waals surface area contributed by atoms with E-state index in [0.29, 0.717) is 6.54 Å². The number of anilines is 3. The van der Waals surface area contributed by atoms with Crippen molar-refractivity contribution in [1.82, 2.24) is 4.90 Å². The second kappa shape index (κ2) is 10.2. The monoisotopic (exact) mass is 482 g/mol.